The zero-order valence-corrected chi connectivity index (χ0v) is 19.0. The molecule has 1 aliphatic rings. The summed E-state index contributed by atoms with van der Waals surface area (Å²) in [6.45, 7) is 6.90. The highest BCUT2D eigenvalue weighted by atomic mass is 127. The van der Waals surface area contributed by atoms with E-state index in [1.807, 2.05) is 14.0 Å². The molecule has 0 radical (unpaired) electrons. The van der Waals surface area contributed by atoms with Crippen LogP contribution in [0.1, 0.15) is 47.7 Å². The van der Waals surface area contributed by atoms with Gasteiger partial charge >= 0.3 is 0 Å². The molecule has 0 saturated carbocycles. The predicted octanol–water partition coefficient (Wildman–Crippen LogP) is 3.79. The van der Waals surface area contributed by atoms with Gasteiger partial charge in [0.05, 0.1) is 5.69 Å². The van der Waals surface area contributed by atoms with Crippen molar-refractivity contribution in [3.63, 3.8) is 0 Å². The van der Waals surface area contributed by atoms with Crippen molar-refractivity contribution in [3.8, 4) is 0 Å². The molecule has 3 rings (SSSR count). The number of fused-ring (bicyclic) bond motifs is 1. The molecule has 2 aromatic rings. The number of guanidine groups is 1. The molecule has 6 heteroatoms. The van der Waals surface area contributed by atoms with E-state index in [9.17, 15) is 0 Å². The molecule has 1 heterocycles. The first-order valence-electron chi connectivity index (χ1n) is 9.70. The number of aliphatic imine (C=N–C) groups is 1. The Balaban J connectivity index is 0.00000261. The van der Waals surface area contributed by atoms with E-state index in [2.05, 4.69) is 62.7 Å². The summed E-state index contributed by atoms with van der Waals surface area (Å²) in [6, 6.07) is 11.0. The fourth-order valence-corrected chi connectivity index (χ4v) is 3.84. The van der Waals surface area contributed by atoms with E-state index in [-0.39, 0.29) is 24.0 Å². The molecule has 1 atom stereocenters. The number of nitrogens with one attached hydrogen (secondary N) is 2. The van der Waals surface area contributed by atoms with Gasteiger partial charge in [0.15, 0.2) is 5.96 Å². The molecule has 0 aliphatic heterocycles. The highest BCUT2D eigenvalue weighted by molar-refractivity contribution is 14.0. The Hall–Kier alpha value is -1.57. The van der Waals surface area contributed by atoms with Gasteiger partial charge in [0.25, 0.3) is 0 Å². The quantitative estimate of drug-likeness (QED) is 0.286. The van der Waals surface area contributed by atoms with Crippen molar-refractivity contribution in [2.24, 2.45) is 4.99 Å². The minimum atomic E-state index is 0. The minimum absolute atomic E-state index is 0. The number of benzene rings is 1. The normalized spacial score (nSPS) is 16.4. The van der Waals surface area contributed by atoms with Gasteiger partial charge in [-0.3, -0.25) is 9.67 Å². The van der Waals surface area contributed by atoms with Crippen molar-refractivity contribution in [1.29, 1.82) is 0 Å². The van der Waals surface area contributed by atoms with Crippen molar-refractivity contribution in [2.45, 2.75) is 52.0 Å². The number of hydrogen-bond acceptors (Lipinski definition) is 2. The van der Waals surface area contributed by atoms with Crippen molar-refractivity contribution in [3.05, 3.63) is 52.8 Å². The Kier molecular flexibility index (Phi) is 8.60. The maximum absolute atomic E-state index is 4.51. The zero-order chi connectivity index (χ0) is 18.4. The van der Waals surface area contributed by atoms with E-state index in [1.54, 1.807) is 0 Å². The number of aryl methyl sites for hydroxylation is 4. The van der Waals surface area contributed by atoms with Gasteiger partial charge < -0.3 is 10.6 Å². The van der Waals surface area contributed by atoms with Crippen molar-refractivity contribution in [2.75, 3.05) is 20.1 Å². The maximum Gasteiger partial charge on any atom is 0.190 e. The molecular formula is C21H32IN5. The van der Waals surface area contributed by atoms with E-state index in [1.165, 1.54) is 36.1 Å². The Morgan fingerprint density at radius 1 is 1.26 bits per heavy atom. The summed E-state index contributed by atoms with van der Waals surface area (Å²) < 4.78 is 2.08. The Morgan fingerprint density at radius 2 is 2.07 bits per heavy atom. The minimum Gasteiger partial charge on any atom is -0.356 e. The lowest BCUT2D eigenvalue weighted by molar-refractivity contribution is 0.534. The molecule has 2 N–H and O–H groups in total. The highest BCUT2D eigenvalue weighted by Gasteiger charge is 2.19. The van der Waals surface area contributed by atoms with Gasteiger partial charge in [-0.2, -0.15) is 5.10 Å². The van der Waals surface area contributed by atoms with E-state index < -0.39 is 0 Å². The van der Waals surface area contributed by atoms with Crippen LogP contribution in [0.15, 0.2) is 35.3 Å². The summed E-state index contributed by atoms with van der Waals surface area (Å²) in [5, 5.41) is 11.4. The van der Waals surface area contributed by atoms with Gasteiger partial charge in [0.2, 0.25) is 0 Å². The molecule has 1 aromatic carbocycles. The second-order valence-electron chi connectivity index (χ2n) is 7.17. The zero-order valence-electron chi connectivity index (χ0n) is 16.7. The van der Waals surface area contributed by atoms with Crippen LogP contribution in [0.3, 0.4) is 0 Å². The van der Waals surface area contributed by atoms with Crippen molar-refractivity contribution < 1.29 is 0 Å². The first-order chi connectivity index (χ1) is 12.7. The molecule has 0 saturated heterocycles. The first kappa shape index (κ1) is 21.7. The van der Waals surface area contributed by atoms with E-state index in [0.29, 0.717) is 5.92 Å². The fourth-order valence-electron chi connectivity index (χ4n) is 3.84. The van der Waals surface area contributed by atoms with E-state index >= 15 is 0 Å². The van der Waals surface area contributed by atoms with Crippen LogP contribution < -0.4 is 10.6 Å². The number of hydrogen-bond donors (Lipinski definition) is 2. The number of rotatable bonds is 6. The SMILES string of the molecule is CN=C(NCCCn1nc(C)cc1C)NCC1CCCc2ccccc21.I. The fraction of sp³-hybridized carbons (Fsp3) is 0.524. The van der Waals surface area contributed by atoms with Gasteiger partial charge in [0, 0.05) is 38.3 Å². The largest absolute Gasteiger partial charge is 0.356 e. The summed E-state index contributed by atoms with van der Waals surface area (Å²) >= 11 is 0. The smallest absolute Gasteiger partial charge is 0.190 e. The van der Waals surface area contributed by atoms with Crippen LogP contribution in [0.25, 0.3) is 0 Å². The maximum atomic E-state index is 4.51. The number of aromatic nitrogens is 2. The number of halogens is 1. The van der Waals surface area contributed by atoms with Crippen LogP contribution >= 0.6 is 24.0 Å². The van der Waals surface area contributed by atoms with Gasteiger partial charge in [-0.05, 0) is 56.7 Å². The van der Waals surface area contributed by atoms with Crippen molar-refractivity contribution >= 4 is 29.9 Å². The van der Waals surface area contributed by atoms with Crippen LogP contribution in [0, 0.1) is 13.8 Å². The van der Waals surface area contributed by atoms with Crippen LogP contribution in [0.4, 0.5) is 0 Å². The second kappa shape index (κ2) is 10.7. The molecule has 0 amide bonds. The average Bonchev–Trinajstić information content (AvgIpc) is 2.98. The summed E-state index contributed by atoms with van der Waals surface area (Å²) in [5.41, 5.74) is 5.33. The summed E-state index contributed by atoms with van der Waals surface area (Å²) in [7, 11) is 1.84. The monoisotopic (exact) mass is 481 g/mol. The molecule has 0 bridgehead atoms. The molecular weight excluding hydrogens is 449 g/mol. The Labute approximate surface area is 180 Å². The average molecular weight is 481 g/mol. The third-order valence-corrected chi connectivity index (χ3v) is 5.18. The Bertz CT molecular complexity index is 753. The lowest BCUT2D eigenvalue weighted by Gasteiger charge is -2.26. The lowest BCUT2D eigenvalue weighted by atomic mass is 9.83. The second-order valence-corrected chi connectivity index (χ2v) is 7.17. The molecule has 1 aliphatic carbocycles. The third kappa shape index (κ3) is 5.96. The van der Waals surface area contributed by atoms with Gasteiger partial charge in [-0.25, -0.2) is 0 Å². The van der Waals surface area contributed by atoms with Crippen molar-refractivity contribution in [1.82, 2.24) is 20.4 Å². The van der Waals surface area contributed by atoms with Gasteiger partial charge in [0.1, 0.15) is 0 Å². The Morgan fingerprint density at radius 3 is 2.81 bits per heavy atom. The molecule has 1 unspecified atom stereocenters. The summed E-state index contributed by atoms with van der Waals surface area (Å²) in [4.78, 5) is 4.37. The topological polar surface area (TPSA) is 54.2 Å². The molecule has 0 fully saturated rings. The van der Waals surface area contributed by atoms with E-state index in [0.717, 1.165) is 37.7 Å². The molecule has 148 valence electrons. The third-order valence-electron chi connectivity index (χ3n) is 5.18. The van der Waals surface area contributed by atoms with E-state index in [4.69, 9.17) is 0 Å². The lowest BCUT2D eigenvalue weighted by Crippen LogP contribution is -2.40. The summed E-state index contributed by atoms with van der Waals surface area (Å²) in [5.74, 6) is 1.47. The van der Waals surface area contributed by atoms with Crippen LogP contribution in [0.5, 0.6) is 0 Å². The van der Waals surface area contributed by atoms with Gasteiger partial charge in [-0.15, -0.1) is 24.0 Å². The van der Waals surface area contributed by atoms with Crippen LogP contribution in [-0.2, 0) is 13.0 Å². The number of nitrogens with zero attached hydrogens (tertiary/aromatic N) is 3. The molecule has 27 heavy (non-hydrogen) atoms. The summed E-state index contributed by atoms with van der Waals surface area (Å²) in [6.07, 6.45) is 4.76. The molecule has 1 aromatic heterocycles. The van der Waals surface area contributed by atoms with Crippen LogP contribution in [0.2, 0.25) is 0 Å². The highest BCUT2D eigenvalue weighted by Crippen LogP contribution is 2.30. The molecule has 0 spiro atoms. The molecule has 5 nitrogen and oxygen atoms in total. The van der Waals surface area contributed by atoms with Gasteiger partial charge in [-0.1, -0.05) is 24.3 Å². The first-order valence-corrected chi connectivity index (χ1v) is 9.70. The predicted molar refractivity (Wildman–Crippen MR) is 123 cm³/mol. The van der Waals surface area contributed by atoms with Crippen LogP contribution in [-0.4, -0.2) is 35.9 Å². The standard InChI is InChI=1S/C21H31N5.HI/c1-16-14-17(2)26(25-16)13-7-12-23-21(22-3)24-15-19-10-6-9-18-8-4-5-11-20(18)19;/h4-5,8,11,14,19H,6-7,9-10,12-13,15H2,1-3H3,(H2,22,23,24);1H.